The minimum absolute atomic E-state index is 0.450. The molecule has 0 atom stereocenters. The quantitative estimate of drug-likeness (QED) is 0.932. The summed E-state index contributed by atoms with van der Waals surface area (Å²) in [6, 6.07) is 0.453. The maximum Gasteiger partial charge on any atom is 0.0785 e. The molecule has 3 rings (SSSR count). The molecule has 1 aromatic rings. The van der Waals surface area contributed by atoms with Crippen molar-refractivity contribution in [2.75, 3.05) is 19.6 Å². The smallest absolute Gasteiger partial charge is 0.0785 e. The summed E-state index contributed by atoms with van der Waals surface area (Å²) in [5.41, 5.74) is -0.450. The van der Waals surface area contributed by atoms with Crippen LogP contribution in [0.3, 0.4) is 0 Å². The third-order valence-electron chi connectivity index (χ3n) is 5.22. The Morgan fingerprint density at radius 1 is 1.29 bits per heavy atom. The number of nitrogens with zero attached hydrogens (tertiary/aromatic N) is 3. The first-order valence-corrected chi connectivity index (χ1v) is 8.56. The van der Waals surface area contributed by atoms with E-state index in [2.05, 4.69) is 16.9 Å². The lowest BCUT2D eigenvalue weighted by atomic mass is 9.79. The summed E-state index contributed by atoms with van der Waals surface area (Å²) in [6.45, 7) is 5.21. The van der Waals surface area contributed by atoms with E-state index in [1.807, 2.05) is 10.9 Å². The molecule has 0 bridgehead atoms. The van der Waals surface area contributed by atoms with Crippen LogP contribution in [-0.2, 0) is 0 Å². The summed E-state index contributed by atoms with van der Waals surface area (Å²) in [5, 5.41) is 15.8. The number of hydrogen-bond donors (Lipinski definition) is 1. The molecule has 1 N–H and O–H groups in total. The normalized spacial score (nSPS) is 32.4. The highest BCUT2D eigenvalue weighted by molar-refractivity contribution is 6.30. The summed E-state index contributed by atoms with van der Waals surface area (Å²) < 4.78 is 2.00. The van der Waals surface area contributed by atoms with Crippen molar-refractivity contribution in [1.82, 2.24) is 14.7 Å². The highest BCUT2D eigenvalue weighted by Gasteiger charge is 2.34. The van der Waals surface area contributed by atoms with E-state index in [1.54, 1.807) is 6.20 Å². The Morgan fingerprint density at radius 3 is 2.52 bits per heavy atom. The molecule has 2 fully saturated rings. The molecule has 0 unspecified atom stereocenters. The molecule has 1 saturated carbocycles. The van der Waals surface area contributed by atoms with Crippen LogP contribution >= 0.6 is 11.6 Å². The SMILES string of the molecule is CC1CCC(O)(CN2CCC(n3cc(Cl)cn3)CC2)CC1. The van der Waals surface area contributed by atoms with Crippen LogP contribution in [0.25, 0.3) is 0 Å². The fourth-order valence-electron chi connectivity index (χ4n) is 3.73. The predicted octanol–water partition coefficient (Wildman–Crippen LogP) is 3.11. The number of aromatic nitrogens is 2. The Labute approximate surface area is 132 Å². The van der Waals surface area contributed by atoms with Crippen LogP contribution in [0, 0.1) is 5.92 Å². The van der Waals surface area contributed by atoms with E-state index in [9.17, 15) is 5.11 Å². The van der Waals surface area contributed by atoms with Gasteiger partial charge in [-0.3, -0.25) is 4.68 Å². The first-order chi connectivity index (χ1) is 10.0. The van der Waals surface area contributed by atoms with Crippen molar-refractivity contribution in [3.05, 3.63) is 17.4 Å². The average Bonchev–Trinajstić information content (AvgIpc) is 2.90. The molecular formula is C16H26ClN3O. The van der Waals surface area contributed by atoms with Gasteiger partial charge in [-0.05, 0) is 44.4 Å². The van der Waals surface area contributed by atoms with Crippen molar-refractivity contribution in [3.63, 3.8) is 0 Å². The molecule has 0 aromatic carbocycles. The van der Waals surface area contributed by atoms with Crippen molar-refractivity contribution in [2.24, 2.45) is 5.92 Å². The summed E-state index contributed by atoms with van der Waals surface area (Å²) in [6.07, 6.45) is 10.1. The van der Waals surface area contributed by atoms with Gasteiger partial charge in [0.15, 0.2) is 0 Å². The largest absolute Gasteiger partial charge is 0.389 e. The second-order valence-corrected chi connectivity index (χ2v) is 7.49. The van der Waals surface area contributed by atoms with Crippen LogP contribution in [0.15, 0.2) is 12.4 Å². The topological polar surface area (TPSA) is 41.3 Å². The zero-order valence-electron chi connectivity index (χ0n) is 12.8. The van der Waals surface area contributed by atoms with E-state index in [-0.39, 0.29) is 0 Å². The van der Waals surface area contributed by atoms with Crippen LogP contribution in [0.5, 0.6) is 0 Å². The van der Waals surface area contributed by atoms with Gasteiger partial charge in [0.2, 0.25) is 0 Å². The molecule has 2 heterocycles. The molecule has 1 saturated heterocycles. The summed E-state index contributed by atoms with van der Waals surface area (Å²) in [4.78, 5) is 2.43. The second-order valence-electron chi connectivity index (χ2n) is 7.05. The van der Waals surface area contributed by atoms with Crippen LogP contribution in [0.1, 0.15) is 51.5 Å². The van der Waals surface area contributed by atoms with E-state index in [0.717, 1.165) is 51.2 Å². The lowest BCUT2D eigenvalue weighted by Crippen LogP contribution is -2.48. The Hall–Kier alpha value is -0.580. The molecule has 0 amide bonds. The maximum atomic E-state index is 10.8. The lowest BCUT2D eigenvalue weighted by Gasteiger charge is -2.41. The van der Waals surface area contributed by atoms with E-state index in [1.165, 1.54) is 12.8 Å². The highest BCUT2D eigenvalue weighted by atomic mass is 35.5. The molecule has 21 heavy (non-hydrogen) atoms. The maximum absolute atomic E-state index is 10.8. The van der Waals surface area contributed by atoms with Gasteiger partial charge in [0.05, 0.1) is 22.9 Å². The molecule has 1 aromatic heterocycles. The van der Waals surface area contributed by atoms with Crippen LogP contribution in [0.2, 0.25) is 5.02 Å². The molecule has 1 aliphatic heterocycles. The number of β-amino-alcohol motifs (C(OH)–C–C–N with tert-alkyl or cyclic N) is 1. The monoisotopic (exact) mass is 311 g/mol. The Morgan fingerprint density at radius 2 is 1.95 bits per heavy atom. The fourth-order valence-corrected chi connectivity index (χ4v) is 3.87. The molecule has 118 valence electrons. The van der Waals surface area contributed by atoms with Gasteiger partial charge in [-0.15, -0.1) is 0 Å². The minimum atomic E-state index is -0.450. The Balaban J connectivity index is 1.49. The second kappa shape index (κ2) is 6.27. The van der Waals surface area contributed by atoms with Crippen LogP contribution in [-0.4, -0.2) is 45.0 Å². The van der Waals surface area contributed by atoms with Gasteiger partial charge in [0.1, 0.15) is 0 Å². The van der Waals surface area contributed by atoms with Gasteiger partial charge >= 0.3 is 0 Å². The number of hydrogen-bond acceptors (Lipinski definition) is 3. The van der Waals surface area contributed by atoms with Crippen molar-refractivity contribution >= 4 is 11.6 Å². The summed E-state index contributed by atoms with van der Waals surface area (Å²) in [5.74, 6) is 0.778. The van der Waals surface area contributed by atoms with Gasteiger partial charge in [0, 0.05) is 25.8 Å². The van der Waals surface area contributed by atoms with Crippen molar-refractivity contribution in [2.45, 2.75) is 57.1 Å². The van der Waals surface area contributed by atoms with Crippen molar-refractivity contribution < 1.29 is 5.11 Å². The number of halogens is 1. The first-order valence-electron chi connectivity index (χ1n) is 8.18. The van der Waals surface area contributed by atoms with Crippen LogP contribution in [0.4, 0.5) is 0 Å². The van der Waals surface area contributed by atoms with Gasteiger partial charge in [-0.1, -0.05) is 18.5 Å². The zero-order valence-corrected chi connectivity index (χ0v) is 13.6. The van der Waals surface area contributed by atoms with Gasteiger partial charge in [0.25, 0.3) is 0 Å². The molecule has 0 radical (unpaired) electrons. The standard InChI is InChI=1S/C16H26ClN3O/c1-13-2-6-16(21,7-3-13)12-19-8-4-15(5-9-19)20-11-14(17)10-18-20/h10-11,13,15,21H,2-9,12H2,1H3. The third kappa shape index (κ3) is 3.79. The van der Waals surface area contributed by atoms with E-state index >= 15 is 0 Å². The fraction of sp³-hybridized carbons (Fsp3) is 0.812. The van der Waals surface area contributed by atoms with E-state index < -0.39 is 5.60 Å². The first kappa shape index (κ1) is 15.3. The van der Waals surface area contributed by atoms with E-state index in [4.69, 9.17) is 11.6 Å². The number of piperidine rings is 1. The molecule has 1 aliphatic carbocycles. The van der Waals surface area contributed by atoms with Crippen molar-refractivity contribution in [3.8, 4) is 0 Å². The molecule has 2 aliphatic rings. The van der Waals surface area contributed by atoms with Crippen molar-refractivity contribution in [1.29, 1.82) is 0 Å². The van der Waals surface area contributed by atoms with Gasteiger partial charge in [-0.2, -0.15) is 5.10 Å². The predicted molar refractivity (Wildman–Crippen MR) is 84.5 cm³/mol. The average molecular weight is 312 g/mol. The Kier molecular flexibility index (Phi) is 4.57. The minimum Gasteiger partial charge on any atom is -0.389 e. The zero-order chi connectivity index (χ0) is 14.9. The number of rotatable bonds is 3. The lowest BCUT2D eigenvalue weighted by molar-refractivity contribution is -0.0406. The molecule has 4 nitrogen and oxygen atoms in total. The molecular weight excluding hydrogens is 286 g/mol. The molecule has 0 spiro atoms. The molecule has 5 heteroatoms. The Bertz CT molecular complexity index is 460. The summed E-state index contributed by atoms with van der Waals surface area (Å²) >= 11 is 5.94. The van der Waals surface area contributed by atoms with Gasteiger partial charge in [-0.25, -0.2) is 0 Å². The summed E-state index contributed by atoms with van der Waals surface area (Å²) in [7, 11) is 0. The number of likely N-dealkylation sites (tertiary alicyclic amines) is 1. The van der Waals surface area contributed by atoms with E-state index in [0.29, 0.717) is 11.1 Å². The number of aliphatic hydroxyl groups is 1. The van der Waals surface area contributed by atoms with Gasteiger partial charge < -0.3 is 10.0 Å². The third-order valence-corrected chi connectivity index (χ3v) is 5.42. The van der Waals surface area contributed by atoms with Crippen LogP contribution < -0.4 is 0 Å². The highest BCUT2D eigenvalue weighted by Crippen LogP contribution is 2.33.